The lowest BCUT2D eigenvalue weighted by molar-refractivity contribution is -0.117. The molecular formula is C17H17ClFN3O. The van der Waals surface area contributed by atoms with Crippen LogP contribution in [0.2, 0.25) is 5.02 Å². The van der Waals surface area contributed by atoms with Crippen molar-refractivity contribution >= 4 is 23.2 Å². The molecule has 3 N–H and O–H groups in total. The van der Waals surface area contributed by atoms with Crippen LogP contribution in [-0.2, 0) is 4.79 Å². The average molecular weight is 334 g/mol. The lowest BCUT2D eigenvalue weighted by Crippen LogP contribution is -2.39. The van der Waals surface area contributed by atoms with Crippen molar-refractivity contribution in [2.24, 2.45) is 0 Å². The summed E-state index contributed by atoms with van der Waals surface area (Å²) in [7, 11) is 0. The Hall–Kier alpha value is -1.95. The molecule has 6 heteroatoms. The number of aryl methyl sites for hydroxylation is 1. The summed E-state index contributed by atoms with van der Waals surface area (Å²) in [5.41, 5.74) is 8.27. The molecule has 23 heavy (non-hydrogen) atoms. The van der Waals surface area contributed by atoms with Crippen molar-refractivity contribution in [2.45, 2.75) is 25.4 Å². The van der Waals surface area contributed by atoms with Crippen LogP contribution in [-0.4, -0.2) is 11.9 Å². The summed E-state index contributed by atoms with van der Waals surface area (Å²) in [4.78, 5) is 12.3. The van der Waals surface area contributed by atoms with Gasteiger partial charge in [-0.05, 0) is 54.8 Å². The van der Waals surface area contributed by atoms with E-state index in [1.54, 1.807) is 19.1 Å². The molecule has 3 rings (SSSR count). The smallest absolute Gasteiger partial charge is 0.242 e. The topological polar surface area (TPSA) is 53.2 Å². The number of rotatable bonds is 3. The molecule has 2 aromatic carbocycles. The third-order valence-corrected chi connectivity index (χ3v) is 4.17. The van der Waals surface area contributed by atoms with Gasteiger partial charge in [0.15, 0.2) is 0 Å². The molecule has 2 unspecified atom stereocenters. The SMILES string of the molecule is Cc1cc(NC(=O)C2CC(c3ccc(Cl)cc3)NN2)ccc1F. The van der Waals surface area contributed by atoms with Crippen LogP contribution in [0.5, 0.6) is 0 Å². The van der Waals surface area contributed by atoms with E-state index in [0.717, 1.165) is 5.56 Å². The number of hydrogen-bond donors (Lipinski definition) is 3. The lowest BCUT2D eigenvalue weighted by Gasteiger charge is -2.11. The normalized spacial score (nSPS) is 20.5. The predicted octanol–water partition coefficient (Wildman–Crippen LogP) is 3.33. The molecule has 0 aliphatic carbocycles. The van der Waals surface area contributed by atoms with Crippen molar-refractivity contribution in [2.75, 3.05) is 5.32 Å². The maximum absolute atomic E-state index is 13.3. The second-order valence-electron chi connectivity index (χ2n) is 5.63. The second-order valence-corrected chi connectivity index (χ2v) is 6.07. The zero-order chi connectivity index (χ0) is 16.4. The van der Waals surface area contributed by atoms with E-state index in [9.17, 15) is 9.18 Å². The quantitative estimate of drug-likeness (QED) is 0.807. The molecule has 1 saturated heterocycles. The first-order valence-corrected chi connectivity index (χ1v) is 7.74. The summed E-state index contributed by atoms with van der Waals surface area (Å²) in [5, 5.41) is 3.49. The van der Waals surface area contributed by atoms with Gasteiger partial charge in [-0.1, -0.05) is 23.7 Å². The summed E-state index contributed by atoms with van der Waals surface area (Å²) in [6.45, 7) is 1.66. The highest BCUT2D eigenvalue weighted by molar-refractivity contribution is 6.30. The van der Waals surface area contributed by atoms with Gasteiger partial charge in [0.1, 0.15) is 11.9 Å². The van der Waals surface area contributed by atoms with E-state index in [-0.39, 0.29) is 23.8 Å². The van der Waals surface area contributed by atoms with Crippen LogP contribution in [0.15, 0.2) is 42.5 Å². The molecule has 4 nitrogen and oxygen atoms in total. The third kappa shape index (κ3) is 3.69. The molecule has 120 valence electrons. The van der Waals surface area contributed by atoms with E-state index in [4.69, 9.17) is 11.6 Å². The first kappa shape index (κ1) is 15.9. The third-order valence-electron chi connectivity index (χ3n) is 3.92. The molecule has 0 radical (unpaired) electrons. The van der Waals surface area contributed by atoms with Crippen LogP contribution in [0.1, 0.15) is 23.6 Å². The molecule has 1 fully saturated rings. The van der Waals surface area contributed by atoms with Crippen LogP contribution in [0.25, 0.3) is 0 Å². The predicted molar refractivity (Wildman–Crippen MR) is 88.6 cm³/mol. The average Bonchev–Trinajstić information content (AvgIpc) is 3.02. The monoisotopic (exact) mass is 333 g/mol. The minimum absolute atomic E-state index is 0.0398. The largest absolute Gasteiger partial charge is 0.325 e. The maximum Gasteiger partial charge on any atom is 0.242 e. The summed E-state index contributed by atoms with van der Waals surface area (Å²) in [6.07, 6.45) is 0.619. The summed E-state index contributed by atoms with van der Waals surface area (Å²) < 4.78 is 13.3. The fourth-order valence-corrected chi connectivity index (χ4v) is 2.72. The highest BCUT2D eigenvalue weighted by Crippen LogP contribution is 2.24. The molecule has 2 atom stereocenters. The number of amides is 1. The fourth-order valence-electron chi connectivity index (χ4n) is 2.59. The van der Waals surface area contributed by atoms with Crippen molar-refractivity contribution in [3.63, 3.8) is 0 Å². The van der Waals surface area contributed by atoms with Gasteiger partial charge in [0.05, 0.1) is 0 Å². The van der Waals surface area contributed by atoms with Gasteiger partial charge in [-0.15, -0.1) is 0 Å². The van der Waals surface area contributed by atoms with Crippen LogP contribution in [0, 0.1) is 12.7 Å². The highest BCUT2D eigenvalue weighted by atomic mass is 35.5. The van der Waals surface area contributed by atoms with E-state index in [2.05, 4.69) is 16.2 Å². The van der Waals surface area contributed by atoms with Gasteiger partial charge in [-0.2, -0.15) is 0 Å². The summed E-state index contributed by atoms with van der Waals surface area (Å²) >= 11 is 5.88. The Kier molecular flexibility index (Phi) is 4.61. The van der Waals surface area contributed by atoms with Crippen LogP contribution < -0.4 is 16.2 Å². The van der Waals surface area contributed by atoms with E-state index >= 15 is 0 Å². The van der Waals surface area contributed by atoms with Gasteiger partial charge in [0, 0.05) is 16.8 Å². The Labute approximate surface area is 139 Å². The Morgan fingerprint density at radius 1 is 1.22 bits per heavy atom. The molecule has 2 aromatic rings. The van der Waals surface area contributed by atoms with Crippen LogP contribution >= 0.6 is 11.6 Å². The molecule has 0 spiro atoms. The fraction of sp³-hybridized carbons (Fsp3) is 0.235. The van der Waals surface area contributed by atoms with Crippen molar-refractivity contribution in [1.82, 2.24) is 10.9 Å². The summed E-state index contributed by atoms with van der Waals surface area (Å²) in [5.74, 6) is -0.438. The zero-order valence-corrected chi connectivity index (χ0v) is 13.3. The maximum atomic E-state index is 13.3. The van der Waals surface area contributed by atoms with E-state index in [0.29, 0.717) is 22.7 Å². The first-order valence-electron chi connectivity index (χ1n) is 7.36. The molecule has 1 heterocycles. The standard InChI is InChI=1S/C17H17ClFN3O/c1-10-8-13(6-7-14(10)19)20-17(23)16-9-15(21-22-16)11-2-4-12(18)5-3-11/h2-8,15-16,21-22H,9H2,1H3,(H,20,23). The van der Waals surface area contributed by atoms with Crippen LogP contribution in [0.4, 0.5) is 10.1 Å². The Morgan fingerprint density at radius 2 is 1.96 bits per heavy atom. The number of hydrogen-bond acceptors (Lipinski definition) is 3. The Bertz CT molecular complexity index is 720. The van der Waals surface area contributed by atoms with Gasteiger partial charge in [-0.3, -0.25) is 4.79 Å². The van der Waals surface area contributed by atoms with E-state index in [1.807, 2.05) is 24.3 Å². The molecular weight excluding hydrogens is 317 g/mol. The van der Waals surface area contributed by atoms with E-state index in [1.165, 1.54) is 6.07 Å². The van der Waals surface area contributed by atoms with E-state index < -0.39 is 0 Å². The molecule has 0 aromatic heterocycles. The van der Waals surface area contributed by atoms with Gasteiger partial charge >= 0.3 is 0 Å². The number of benzene rings is 2. The molecule has 1 aliphatic rings. The zero-order valence-electron chi connectivity index (χ0n) is 12.6. The van der Waals surface area contributed by atoms with Gasteiger partial charge in [-0.25, -0.2) is 15.2 Å². The minimum atomic E-state index is -0.360. The molecule has 1 amide bonds. The van der Waals surface area contributed by atoms with Crippen LogP contribution in [0.3, 0.4) is 0 Å². The van der Waals surface area contributed by atoms with Gasteiger partial charge in [0.25, 0.3) is 0 Å². The molecule has 0 bridgehead atoms. The molecule has 0 saturated carbocycles. The molecule has 1 aliphatic heterocycles. The van der Waals surface area contributed by atoms with Gasteiger partial charge in [0.2, 0.25) is 5.91 Å². The number of nitrogens with one attached hydrogen (secondary N) is 3. The van der Waals surface area contributed by atoms with Crippen molar-refractivity contribution in [3.8, 4) is 0 Å². The first-order chi connectivity index (χ1) is 11.0. The number of anilines is 1. The highest BCUT2D eigenvalue weighted by Gasteiger charge is 2.30. The number of hydrazine groups is 1. The Balaban J connectivity index is 1.63. The summed E-state index contributed by atoms with van der Waals surface area (Å²) in [6, 6.07) is 11.7. The lowest BCUT2D eigenvalue weighted by atomic mass is 10.0. The van der Waals surface area contributed by atoms with Crippen molar-refractivity contribution < 1.29 is 9.18 Å². The van der Waals surface area contributed by atoms with Gasteiger partial charge < -0.3 is 5.32 Å². The Morgan fingerprint density at radius 3 is 2.65 bits per heavy atom. The number of carbonyl (C=O) groups is 1. The second kappa shape index (κ2) is 6.66. The van der Waals surface area contributed by atoms with Crippen molar-refractivity contribution in [3.05, 3.63) is 64.4 Å². The number of halogens is 2. The van der Waals surface area contributed by atoms with Crippen molar-refractivity contribution in [1.29, 1.82) is 0 Å². The number of carbonyl (C=O) groups excluding carboxylic acids is 1. The minimum Gasteiger partial charge on any atom is -0.325 e.